The van der Waals surface area contributed by atoms with Crippen LogP contribution in [0, 0.1) is 0 Å². The van der Waals surface area contributed by atoms with Crippen LogP contribution >= 0.6 is 0 Å². The molecule has 1 aliphatic heterocycles. The van der Waals surface area contributed by atoms with Crippen LogP contribution in [0.25, 0.3) is 10.9 Å². The molecule has 2 N–H and O–H groups in total. The highest BCUT2D eigenvalue weighted by atomic mass is 16.6. The number of amides is 1. The topological polar surface area (TPSA) is 60.5 Å². The summed E-state index contributed by atoms with van der Waals surface area (Å²) < 4.78 is 7.29. The molecule has 2 heterocycles. The molecule has 23 heavy (non-hydrogen) atoms. The van der Waals surface area contributed by atoms with Crippen molar-refractivity contribution in [3.05, 3.63) is 36.0 Å². The van der Waals surface area contributed by atoms with E-state index in [0.29, 0.717) is 6.54 Å². The zero-order chi connectivity index (χ0) is 16.6. The maximum Gasteiger partial charge on any atom is 0.410 e. The first kappa shape index (κ1) is 15.7. The van der Waals surface area contributed by atoms with Gasteiger partial charge in [0.2, 0.25) is 0 Å². The van der Waals surface area contributed by atoms with E-state index in [2.05, 4.69) is 6.07 Å². The number of likely N-dealkylation sites (tertiary alicyclic amines) is 1. The second kappa shape index (κ2) is 5.80. The van der Waals surface area contributed by atoms with E-state index >= 15 is 0 Å². The second-order valence-corrected chi connectivity index (χ2v) is 7.18. The van der Waals surface area contributed by atoms with Gasteiger partial charge in [0.15, 0.2) is 0 Å². The van der Waals surface area contributed by atoms with Crippen LogP contribution in [0.4, 0.5) is 4.79 Å². The van der Waals surface area contributed by atoms with Gasteiger partial charge < -0.3 is 10.6 Å². The van der Waals surface area contributed by atoms with Crippen molar-refractivity contribution in [2.24, 2.45) is 0 Å². The molecule has 124 valence electrons. The molecule has 1 unspecified atom stereocenters. The molecule has 1 saturated heterocycles. The summed E-state index contributed by atoms with van der Waals surface area (Å²) in [5.74, 6) is 6.30. The molecule has 5 nitrogen and oxygen atoms in total. The first-order valence-electron chi connectivity index (χ1n) is 8.22. The van der Waals surface area contributed by atoms with Gasteiger partial charge in [-0.2, -0.15) is 0 Å². The number of carbonyl (C=O) groups excluding carboxylic acids is 1. The number of hydrogen-bond donors (Lipinski definition) is 1. The number of aromatic nitrogens is 1. The Labute approximate surface area is 137 Å². The molecule has 0 aliphatic carbocycles. The Morgan fingerprint density at radius 1 is 1.26 bits per heavy atom. The first-order valence-corrected chi connectivity index (χ1v) is 8.22. The lowest BCUT2D eigenvalue weighted by Gasteiger charge is -2.36. The zero-order valence-electron chi connectivity index (χ0n) is 14.1. The number of piperidine rings is 1. The third kappa shape index (κ3) is 3.14. The van der Waals surface area contributed by atoms with Gasteiger partial charge in [-0.1, -0.05) is 18.2 Å². The summed E-state index contributed by atoms with van der Waals surface area (Å²) in [6.07, 6.45) is 2.74. The van der Waals surface area contributed by atoms with Crippen LogP contribution in [0.3, 0.4) is 0 Å². The van der Waals surface area contributed by atoms with Crippen molar-refractivity contribution in [1.29, 1.82) is 0 Å². The van der Waals surface area contributed by atoms with Crippen molar-refractivity contribution in [3.63, 3.8) is 0 Å². The predicted molar refractivity (Wildman–Crippen MR) is 91.6 cm³/mol. The molecule has 0 bridgehead atoms. The molecule has 1 atom stereocenters. The Morgan fingerprint density at radius 2 is 2.00 bits per heavy atom. The van der Waals surface area contributed by atoms with Gasteiger partial charge in [-0.3, -0.25) is 9.58 Å². The van der Waals surface area contributed by atoms with Crippen molar-refractivity contribution in [2.45, 2.75) is 51.7 Å². The fourth-order valence-corrected chi connectivity index (χ4v) is 3.23. The van der Waals surface area contributed by atoms with E-state index in [4.69, 9.17) is 10.6 Å². The highest BCUT2D eigenvalue weighted by molar-refractivity contribution is 5.81. The number of ether oxygens (including phenoxy) is 1. The van der Waals surface area contributed by atoms with Gasteiger partial charge >= 0.3 is 6.09 Å². The molecule has 1 aromatic heterocycles. The summed E-state index contributed by atoms with van der Waals surface area (Å²) >= 11 is 0. The average Bonchev–Trinajstić information content (AvgIpc) is 2.83. The third-order valence-corrected chi connectivity index (χ3v) is 4.25. The SMILES string of the molecule is CC(C)(C)OC(=O)N1CCCCC1c1cc2ccccc2n1N. The van der Waals surface area contributed by atoms with E-state index in [1.165, 1.54) is 0 Å². The van der Waals surface area contributed by atoms with Gasteiger partial charge in [0.1, 0.15) is 5.60 Å². The lowest BCUT2D eigenvalue weighted by Crippen LogP contribution is -2.42. The summed E-state index contributed by atoms with van der Waals surface area (Å²) in [5, 5.41) is 1.10. The van der Waals surface area contributed by atoms with Crippen molar-refractivity contribution in [1.82, 2.24) is 9.58 Å². The Balaban J connectivity index is 1.94. The molecule has 1 fully saturated rings. The zero-order valence-corrected chi connectivity index (χ0v) is 14.1. The predicted octanol–water partition coefficient (Wildman–Crippen LogP) is 3.82. The molecule has 1 aliphatic rings. The number of nitrogens with two attached hydrogens (primary N) is 1. The van der Waals surface area contributed by atoms with Crippen LogP contribution < -0.4 is 5.84 Å². The summed E-state index contributed by atoms with van der Waals surface area (Å²) in [4.78, 5) is 14.4. The fraction of sp³-hybridized carbons (Fsp3) is 0.500. The molecular weight excluding hydrogens is 290 g/mol. The number of benzene rings is 1. The lowest BCUT2D eigenvalue weighted by molar-refractivity contribution is 0.00881. The number of carbonyl (C=O) groups is 1. The number of hydrogen-bond acceptors (Lipinski definition) is 3. The number of para-hydroxylation sites is 1. The number of rotatable bonds is 1. The summed E-state index contributed by atoms with van der Waals surface area (Å²) in [5.41, 5.74) is 1.46. The van der Waals surface area contributed by atoms with E-state index in [1.54, 1.807) is 4.68 Å². The normalized spacial score (nSPS) is 19.1. The largest absolute Gasteiger partial charge is 0.444 e. The van der Waals surface area contributed by atoms with Crippen molar-refractivity contribution in [3.8, 4) is 0 Å². The van der Waals surface area contributed by atoms with Gasteiger partial charge in [-0.05, 0) is 52.2 Å². The summed E-state index contributed by atoms with van der Waals surface area (Å²) in [6.45, 7) is 6.39. The number of fused-ring (bicyclic) bond motifs is 1. The summed E-state index contributed by atoms with van der Waals surface area (Å²) in [7, 11) is 0. The highest BCUT2D eigenvalue weighted by Gasteiger charge is 2.33. The quantitative estimate of drug-likeness (QED) is 0.814. The van der Waals surface area contributed by atoms with Gasteiger partial charge in [0, 0.05) is 11.9 Å². The Kier molecular flexibility index (Phi) is 3.96. The molecule has 5 heteroatoms. The van der Waals surface area contributed by atoms with E-state index in [1.807, 2.05) is 49.9 Å². The van der Waals surface area contributed by atoms with Crippen LogP contribution in [-0.2, 0) is 4.74 Å². The summed E-state index contributed by atoms with van der Waals surface area (Å²) in [6, 6.07) is 10.1. The maximum atomic E-state index is 12.6. The molecule has 0 radical (unpaired) electrons. The molecule has 1 aromatic carbocycles. The van der Waals surface area contributed by atoms with Crippen molar-refractivity contribution < 1.29 is 9.53 Å². The van der Waals surface area contributed by atoms with Crippen molar-refractivity contribution in [2.75, 3.05) is 12.4 Å². The van der Waals surface area contributed by atoms with Gasteiger partial charge in [0.25, 0.3) is 0 Å². The smallest absolute Gasteiger partial charge is 0.410 e. The monoisotopic (exact) mass is 315 g/mol. The third-order valence-electron chi connectivity index (χ3n) is 4.25. The van der Waals surface area contributed by atoms with Gasteiger partial charge in [-0.15, -0.1) is 0 Å². The fourth-order valence-electron chi connectivity index (χ4n) is 3.23. The number of nitrogen functional groups attached to an aromatic ring is 1. The van der Waals surface area contributed by atoms with Crippen LogP contribution in [0.1, 0.15) is 51.8 Å². The van der Waals surface area contributed by atoms with E-state index in [-0.39, 0.29) is 12.1 Å². The van der Waals surface area contributed by atoms with Crippen LogP contribution in [0.2, 0.25) is 0 Å². The standard InChI is InChI=1S/C18H25N3O2/c1-18(2,3)23-17(22)20-11-7-6-10-15(20)16-12-13-8-4-5-9-14(13)21(16)19/h4-5,8-9,12,15H,6-7,10-11,19H2,1-3H3. The number of nitrogens with zero attached hydrogens (tertiary/aromatic N) is 2. The van der Waals surface area contributed by atoms with Crippen LogP contribution in [0.15, 0.2) is 30.3 Å². The van der Waals surface area contributed by atoms with E-state index < -0.39 is 5.60 Å². The Bertz CT molecular complexity index is 715. The first-order chi connectivity index (χ1) is 10.9. The Hall–Kier alpha value is -2.17. The minimum Gasteiger partial charge on any atom is -0.444 e. The van der Waals surface area contributed by atoms with Gasteiger partial charge in [-0.25, -0.2) is 4.79 Å². The Morgan fingerprint density at radius 3 is 2.70 bits per heavy atom. The lowest BCUT2D eigenvalue weighted by atomic mass is 10.00. The molecule has 3 rings (SSSR count). The molecular formula is C18H25N3O2. The van der Waals surface area contributed by atoms with Crippen LogP contribution in [0.5, 0.6) is 0 Å². The minimum atomic E-state index is -0.492. The van der Waals surface area contributed by atoms with E-state index in [9.17, 15) is 4.79 Å². The maximum absolute atomic E-state index is 12.6. The van der Waals surface area contributed by atoms with Crippen LogP contribution in [-0.4, -0.2) is 27.8 Å². The molecule has 1 amide bonds. The second-order valence-electron chi connectivity index (χ2n) is 7.18. The molecule has 2 aromatic rings. The van der Waals surface area contributed by atoms with Gasteiger partial charge in [0.05, 0.1) is 17.3 Å². The van der Waals surface area contributed by atoms with Crippen molar-refractivity contribution >= 4 is 17.0 Å². The average molecular weight is 315 g/mol. The molecule has 0 saturated carbocycles. The highest BCUT2D eigenvalue weighted by Crippen LogP contribution is 2.34. The minimum absolute atomic E-state index is 0.0315. The molecule has 0 spiro atoms. The van der Waals surface area contributed by atoms with E-state index in [0.717, 1.165) is 35.9 Å².